The molecule has 0 aromatic carbocycles. The van der Waals surface area contributed by atoms with Gasteiger partial charge in [0.15, 0.2) is 0 Å². The van der Waals surface area contributed by atoms with E-state index < -0.39 is 0 Å². The van der Waals surface area contributed by atoms with E-state index in [-0.39, 0.29) is 17.7 Å². The van der Waals surface area contributed by atoms with Gasteiger partial charge in [-0.1, -0.05) is 13.8 Å². The highest BCUT2D eigenvalue weighted by molar-refractivity contribution is 6.28. The molecule has 1 amide bonds. The lowest BCUT2D eigenvalue weighted by molar-refractivity contribution is -0.114. The largest absolute Gasteiger partial charge is 0.292 e. The molecule has 0 unspecified atom stereocenters. The fourth-order valence-corrected chi connectivity index (χ4v) is 1.22. The summed E-state index contributed by atoms with van der Waals surface area (Å²) in [4.78, 5) is 15.2. The number of hydrogen-bond acceptors (Lipinski definition) is 4. The minimum Gasteiger partial charge on any atom is -0.292 e. The topological polar surface area (TPSA) is 67.8 Å². The predicted molar refractivity (Wildman–Crippen MR) is 57.9 cm³/mol. The molecule has 0 spiro atoms. The molecule has 1 N–H and O–H groups in total. The van der Waals surface area contributed by atoms with Gasteiger partial charge in [-0.25, -0.2) is 4.98 Å². The molecule has 0 aliphatic heterocycles. The second-order valence-electron chi connectivity index (χ2n) is 2.92. The van der Waals surface area contributed by atoms with Crippen LogP contribution >= 0.6 is 11.6 Å². The monoisotopic (exact) mass is 228 g/mol. The first-order valence-electron chi connectivity index (χ1n) is 4.79. The normalized spacial score (nSPS) is 10.1. The zero-order valence-corrected chi connectivity index (χ0v) is 9.51. The number of anilines is 1. The predicted octanol–water partition coefficient (Wildman–Crippen LogP) is 1.17. The SMILES string of the molecule is CCc1nnc(NC(=O)CCl)nc1CC. The minimum atomic E-state index is -0.329. The lowest BCUT2D eigenvalue weighted by atomic mass is 10.2. The van der Waals surface area contributed by atoms with Crippen molar-refractivity contribution in [1.29, 1.82) is 0 Å². The van der Waals surface area contributed by atoms with Crippen LogP contribution in [0.4, 0.5) is 5.95 Å². The van der Waals surface area contributed by atoms with Crippen LogP contribution in [0.15, 0.2) is 0 Å². The molecule has 0 bridgehead atoms. The maximum atomic E-state index is 11.0. The number of alkyl halides is 1. The number of rotatable bonds is 4. The summed E-state index contributed by atoms with van der Waals surface area (Å²) in [5.41, 5.74) is 1.72. The summed E-state index contributed by atoms with van der Waals surface area (Å²) in [5.74, 6) is -0.222. The summed E-state index contributed by atoms with van der Waals surface area (Å²) >= 11 is 5.35. The quantitative estimate of drug-likeness (QED) is 0.786. The van der Waals surface area contributed by atoms with Crippen LogP contribution in [0.25, 0.3) is 0 Å². The maximum Gasteiger partial charge on any atom is 0.249 e. The highest BCUT2D eigenvalue weighted by Gasteiger charge is 2.07. The molecule has 0 saturated heterocycles. The summed E-state index contributed by atoms with van der Waals surface area (Å²) in [6.45, 7) is 3.97. The van der Waals surface area contributed by atoms with Gasteiger partial charge in [-0.05, 0) is 12.8 Å². The van der Waals surface area contributed by atoms with Gasteiger partial charge in [0.05, 0.1) is 11.4 Å². The zero-order chi connectivity index (χ0) is 11.3. The Hall–Kier alpha value is -1.23. The molecule has 82 valence electrons. The third-order valence-electron chi connectivity index (χ3n) is 1.88. The second-order valence-corrected chi connectivity index (χ2v) is 3.18. The Kier molecular flexibility index (Phi) is 4.42. The molecule has 1 aromatic heterocycles. The standard InChI is InChI=1S/C9H13ClN4O/c1-3-6-7(4-2)13-14-9(11-6)12-8(15)5-10/h3-5H2,1-2H3,(H,11,12,14,15). The molecule has 6 heteroatoms. The van der Waals surface area contributed by atoms with E-state index in [9.17, 15) is 4.79 Å². The smallest absolute Gasteiger partial charge is 0.249 e. The lowest BCUT2D eigenvalue weighted by Gasteiger charge is -2.05. The van der Waals surface area contributed by atoms with Crippen molar-refractivity contribution in [1.82, 2.24) is 15.2 Å². The number of carbonyl (C=O) groups is 1. The Morgan fingerprint density at radius 3 is 2.47 bits per heavy atom. The number of nitrogens with one attached hydrogen (secondary N) is 1. The van der Waals surface area contributed by atoms with E-state index in [1.54, 1.807) is 0 Å². The average molecular weight is 229 g/mol. The number of aromatic nitrogens is 3. The van der Waals surface area contributed by atoms with E-state index in [2.05, 4.69) is 20.5 Å². The number of aryl methyl sites for hydroxylation is 2. The molecular weight excluding hydrogens is 216 g/mol. The van der Waals surface area contributed by atoms with Gasteiger partial charge in [-0.2, -0.15) is 0 Å². The Morgan fingerprint density at radius 2 is 1.93 bits per heavy atom. The van der Waals surface area contributed by atoms with Crippen molar-refractivity contribution in [2.45, 2.75) is 26.7 Å². The fraction of sp³-hybridized carbons (Fsp3) is 0.556. The number of nitrogens with zero attached hydrogens (tertiary/aromatic N) is 3. The third-order valence-corrected chi connectivity index (χ3v) is 2.12. The molecule has 0 atom stereocenters. The summed E-state index contributed by atoms with van der Waals surface area (Å²) in [6.07, 6.45) is 1.55. The van der Waals surface area contributed by atoms with Crippen LogP contribution in [-0.2, 0) is 17.6 Å². The van der Waals surface area contributed by atoms with Gasteiger partial charge >= 0.3 is 0 Å². The molecule has 15 heavy (non-hydrogen) atoms. The lowest BCUT2D eigenvalue weighted by Crippen LogP contribution is -2.17. The first-order chi connectivity index (χ1) is 7.21. The van der Waals surface area contributed by atoms with Crippen molar-refractivity contribution in [2.75, 3.05) is 11.2 Å². The van der Waals surface area contributed by atoms with Gasteiger partial charge in [0.1, 0.15) is 5.88 Å². The van der Waals surface area contributed by atoms with Crippen molar-refractivity contribution in [2.24, 2.45) is 0 Å². The maximum absolute atomic E-state index is 11.0. The van der Waals surface area contributed by atoms with E-state index in [0.29, 0.717) is 0 Å². The van der Waals surface area contributed by atoms with Gasteiger partial charge in [-0.15, -0.1) is 21.8 Å². The van der Waals surface area contributed by atoms with Crippen LogP contribution in [0, 0.1) is 0 Å². The average Bonchev–Trinajstić information content (AvgIpc) is 2.28. The molecule has 0 radical (unpaired) electrons. The summed E-state index contributed by atoms with van der Waals surface area (Å²) in [7, 11) is 0. The van der Waals surface area contributed by atoms with Crippen molar-refractivity contribution >= 4 is 23.5 Å². The Balaban J connectivity index is 2.88. The zero-order valence-electron chi connectivity index (χ0n) is 8.75. The van der Waals surface area contributed by atoms with Gasteiger partial charge in [0.25, 0.3) is 0 Å². The van der Waals surface area contributed by atoms with Crippen LogP contribution in [-0.4, -0.2) is 27.0 Å². The molecule has 1 heterocycles. The molecule has 0 aliphatic rings. The summed E-state index contributed by atoms with van der Waals surface area (Å²) in [5, 5.41) is 10.2. The summed E-state index contributed by atoms with van der Waals surface area (Å²) in [6, 6.07) is 0. The van der Waals surface area contributed by atoms with E-state index in [0.717, 1.165) is 24.2 Å². The van der Waals surface area contributed by atoms with Crippen LogP contribution < -0.4 is 5.32 Å². The van der Waals surface area contributed by atoms with Gasteiger partial charge in [0.2, 0.25) is 11.9 Å². The van der Waals surface area contributed by atoms with Crippen LogP contribution in [0.1, 0.15) is 25.2 Å². The van der Waals surface area contributed by atoms with E-state index >= 15 is 0 Å². The number of amides is 1. The van der Waals surface area contributed by atoms with Crippen LogP contribution in [0.2, 0.25) is 0 Å². The van der Waals surface area contributed by atoms with Gasteiger partial charge in [0, 0.05) is 0 Å². The van der Waals surface area contributed by atoms with E-state index in [1.165, 1.54) is 0 Å². The highest BCUT2D eigenvalue weighted by atomic mass is 35.5. The summed E-state index contributed by atoms with van der Waals surface area (Å²) < 4.78 is 0. The minimum absolute atomic E-state index is 0.111. The first kappa shape index (κ1) is 11.8. The number of halogens is 1. The van der Waals surface area contributed by atoms with Crippen LogP contribution in [0.5, 0.6) is 0 Å². The molecular formula is C9H13ClN4O. The van der Waals surface area contributed by atoms with E-state index in [4.69, 9.17) is 11.6 Å². The van der Waals surface area contributed by atoms with Crippen molar-refractivity contribution in [3.63, 3.8) is 0 Å². The Labute approximate surface area is 93.3 Å². The van der Waals surface area contributed by atoms with Crippen molar-refractivity contribution < 1.29 is 4.79 Å². The Bertz CT molecular complexity index is 356. The number of hydrogen-bond donors (Lipinski definition) is 1. The first-order valence-corrected chi connectivity index (χ1v) is 5.33. The van der Waals surface area contributed by atoms with Crippen molar-refractivity contribution in [3.8, 4) is 0 Å². The molecule has 1 rings (SSSR count). The third kappa shape index (κ3) is 3.13. The van der Waals surface area contributed by atoms with Crippen LogP contribution in [0.3, 0.4) is 0 Å². The molecule has 1 aromatic rings. The molecule has 5 nitrogen and oxygen atoms in total. The fourth-order valence-electron chi connectivity index (χ4n) is 1.15. The van der Waals surface area contributed by atoms with Crippen molar-refractivity contribution in [3.05, 3.63) is 11.4 Å². The van der Waals surface area contributed by atoms with Gasteiger partial charge < -0.3 is 0 Å². The molecule has 0 aliphatic carbocycles. The van der Waals surface area contributed by atoms with Gasteiger partial charge in [-0.3, -0.25) is 10.1 Å². The molecule has 0 saturated carbocycles. The second kappa shape index (κ2) is 5.60. The number of carbonyl (C=O) groups excluding carboxylic acids is 1. The Morgan fingerprint density at radius 1 is 1.27 bits per heavy atom. The molecule has 0 fully saturated rings. The highest BCUT2D eigenvalue weighted by Crippen LogP contribution is 2.06. The van der Waals surface area contributed by atoms with E-state index in [1.807, 2.05) is 13.8 Å².